The summed E-state index contributed by atoms with van der Waals surface area (Å²) < 4.78 is 5.38. The zero-order valence-corrected chi connectivity index (χ0v) is 13.8. The van der Waals surface area contributed by atoms with Gasteiger partial charge in [-0.1, -0.05) is 32.4 Å². The number of nitrogens with one attached hydrogen (secondary N) is 1. The number of ether oxygens (including phenoxy) is 1. The quantitative estimate of drug-likeness (QED) is 0.928. The molecular weight excluding hydrogens is 284 g/mol. The summed E-state index contributed by atoms with van der Waals surface area (Å²) in [5.74, 6) is 0.735. The van der Waals surface area contributed by atoms with Gasteiger partial charge in [-0.15, -0.1) is 11.3 Å². The highest BCUT2D eigenvalue weighted by Crippen LogP contribution is 2.33. The molecule has 112 valence electrons. The number of carbonyl (C=O) groups excluding carboxylic acids is 1. The Labute approximate surface area is 129 Å². The van der Waals surface area contributed by atoms with Crippen LogP contribution in [0.2, 0.25) is 0 Å². The number of benzene rings is 1. The zero-order chi connectivity index (χ0) is 15.6. The van der Waals surface area contributed by atoms with E-state index in [0.29, 0.717) is 5.13 Å². The maximum Gasteiger partial charge on any atom is 0.231 e. The SMILES string of the molecule is COc1ccc(C)cc1-c1csc(NC(=O)C(C)(C)C)n1. The molecule has 0 aliphatic heterocycles. The summed E-state index contributed by atoms with van der Waals surface area (Å²) >= 11 is 1.42. The normalized spacial score (nSPS) is 11.3. The average Bonchev–Trinajstić information content (AvgIpc) is 2.86. The molecule has 1 amide bonds. The highest BCUT2D eigenvalue weighted by atomic mass is 32.1. The largest absolute Gasteiger partial charge is 0.496 e. The van der Waals surface area contributed by atoms with Crippen molar-refractivity contribution in [1.29, 1.82) is 0 Å². The van der Waals surface area contributed by atoms with E-state index < -0.39 is 5.41 Å². The molecule has 1 heterocycles. The first kappa shape index (κ1) is 15.5. The summed E-state index contributed by atoms with van der Waals surface area (Å²) in [6.45, 7) is 7.65. The molecule has 2 aromatic rings. The van der Waals surface area contributed by atoms with Crippen molar-refractivity contribution in [1.82, 2.24) is 4.98 Å². The summed E-state index contributed by atoms with van der Waals surface area (Å²) in [5, 5.41) is 5.38. The van der Waals surface area contributed by atoms with Gasteiger partial charge in [0, 0.05) is 16.4 Å². The minimum absolute atomic E-state index is 0.0420. The van der Waals surface area contributed by atoms with Crippen molar-refractivity contribution >= 4 is 22.4 Å². The summed E-state index contributed by atoms with van der Waals surface area (Å²) in [6, 6.07) is 5.96. The van der Waals surface area contributed by atoms with Crippen LogP contribution in [0.3, 0.4) is 0 Å². The van der Waals surface area contributed by atoms with E-state index in [1.165, 1.54) is 11.3 Å². The molecule has 0 fully saturated rings. The van der Waals surface area contributed by atoms with Gasteiger partial charge in [0.15, 0.2) is 5.13 Å². The van der Waals surface area contributed by atoms with Crippen molar-refractivity contribution < 1.29 is 9.53 Å². The minimum atomic E-state index is -0.438. The molecule has 0 radical (unpaired) electrons. The van der Waals surface area contributed by atoms with Crippen LogP contribution in [0.25, 0.3) is 11.3 Å². The lowest BCUT2D eigenvalue weighted by Crippen LogP contribution is -2.27. The van der Waals surface area contributed by atoms with E-state index in [0.717, 1.165) is 22.6 Å². The molecule has 1 aromatic heterocycles. The number of anilines is 1. The fourth-order valence-electron chi connectivity index (χ4n) is 1.76. The maximum atomic E-state index is 12.0. The van der Waals surface area contributed by atoms with Crippen LogP contribution in [-0.4, -0.2) is 18.0 Å². The topological polar surface area (TPSA) is 51.2 Å². The molecule has 0 aliphatic carbocycles. The Morgan fingerprint density at radius 1 is 1.33 bits per heavy atom. The van der Waals surface area contributed by atoms with Crippen LogP contribution in [0.4, 0.5) is 5.13 Å². The van der Waals surface area contributed by atoms with Gasteiger partial charge in [0.2, 0.25) is 5.91 Å². The fraction of sp³-hybridized carbons (Fsp3) is 0.375. The number of methoxy groups -OCH3 is 1. The predicted octanol–water partition coefficient (Wildman–Crippen LogP) is 4.11. The molecule has 0 saturated carbocycles. The van der Waals surface area contributed by atoms with Crippen LogP contribution in [0.15, 0.2) is 23.6 Å². The van der Waals surface area contributed by atoms with Crippen molar-refractivity contribution in [3.63, 3.8) is 0 Å². The number of rotatable bonds is 3. The van der Waals surface area contributed by atoms with Crippen molar-refractivity contribution in [2.75, 3.05) is 12.4 Å². The van der Waals surface area contributed by atoms with Gasteiger partial charge in [-0.2, -0.15) is 0 Å². The van der Waals surface area contributed by atoms with Gasteiger partial charge in [-0.3, -0.25) is 4.79 Å². The Balaban J connectivity index is 2.28. The predicted molar refractivity (Wildman–Crippen MR) is 86.9 cm³/mol. The van der Waals surface area contributed by atoms with E-state index in [1.54, 1.807) is 7.11 Å². The number of aromatic nitrogens is 1. The van der Waals surface area contributed by atoms with Gasteiger partial charge in [0.05, 0.1) is 12.8 Å². The first-order valence-corrected chi connectivity index (χ1v) is 7.61. The highest BCUT2D eigenvalue weighted by Gasteiger charge is 2.22. The van der Waals surface area contributed by atoms with Gasteiger partial charge in [-0.05, 0) is 19.1 Å². The molecule has 21 heavy (non-hydrogen) atoms. The molecule has 0 atom stereocenters. The van der Waals surface area contributed by atoms with E-state index in [1.807, 2.05) is 51.3 Å². The molecule has 4 nitrogen and oxygen atoms in total. The Bertz CT molecular complexity index is 657. The van der Waals surface area contributed by atoms with Crippen molar-refractivity contribution in [2.24, 2.45) is 5.41 Å². The van der Waals surface area contributed by atoms with Crippen LogP contribution in [0.5, 0.6) is 5.75 Å². The standard InChI is InChI=1S/C16H20N2O2S/c1-10-6-7-13(20-5)11(8-10)12-9-21-15(17-12)18-14(19)16(2,3)4/h6-9H,1-5H3,(H,17,18,19). The molecule has 0 bridgehead atoms. The monoisotopic (exact) mass is 304 g/mol. The third-order valence-electron chi connectivity index (χ3n) is 3.04. The Morgan fingerprint density at radius 2 is 2.05 bits per heavy atom. The average molecular weight is 304 g/mol. The van der Waals surface area contributed by atoms with Gasteiger partial charge in [0.1, 0.15) is 5.75 Å². The van der Waals surface area contributed by atoms with E-state index >= 15 is 0 Å². The first-order valence-electron chi connectivity index (χ1n) is 6.73. The number of amides is 1. The molecule has 0 spiro atoms. The fourth-order valence-corrected chi connectivity index (χ4v) is 2.47. The number of nitrogens with zero attached hydrogens (tertiary/aromatic N) is 1. The molecule has 0 aliphatic rings. The van der Waals surface area contributed by atoms with E-state index in [2.05, 4.69) is 10.3 Å². The highest BCUT2D eigenvalue weighted by molar-refractivity contribution is 7.14. The third kappa shape index (κ3) is 3.61. The number of thiazole rings is 1. The van der Waals surface area contributed by atoms with Crippen LogP contribution < -0.4 is 10.1 Å². The number of hydrogen-bond acceptors (Lipinski definition) is 4. The van der Waals surface area contributed by atoms with Crippen molar-refractivity contribution in [3.8, 4) is 17.0 Å². The second kappa shape index (κ2) is 5.85. The second-order valence-electron chi connectivity index (χ2n) is 5.95. The van der Waals surface area contributed by atoms with E-state index in [4.69, 9.17) is 4.74 Å². The third-order valence-corrected chi connectivity index (χ3v) is 3.79. The van der Waals surface area contributed by atoms with Gasteiger partial charge >= 0.3 is 0 Å². The Hall–Kier alpha value is -1.88. The van der Waals surface area contributed by atoms with Gasteiger partial charge < -0.3 is 10.1 Å². The number of hydrogen-bond donors (Lipinski definition) is 1. The Morgan fingerprint density at radius 3 is 2.67 bits per heavy atom. The lowest BCUT2D eigenvalue weighted by atomic mass is 9.96. The maximum absolute atomic E-state index is 12.0. The van der Waals surface area contributed by atoms with Crippen LogP contribution in [-0.2, 0) is 4.79 Å². The lowest BCUT2D eigenvalue weighted by molar-refractivity contribution is -0.123. The molecule has 1 aromatic carbocycles. The summed E-state index contributed by atoms with van der Waals surface area (Å²) in [7, 11) is 1.64. The molecule has 2 rings (SSSR count). The minimum Gasteiger partial charge on any atom is -0.496 e. The van der Waals surface area contributed by atoms with Crippen LogP contribution in [0.1, 0.15) is 26.3 Å². The second-order valence-corrected chi connectivity index (χ2v) is 6.80. The smallest absolute Gasteiger partial charge is 0.231 e. The van der Waals surface area contributed by atoms with Gasteiger partial charge in [0.25, 0.3) is 0 Å². The van der Waals surface area contributed by atoms with Gasteiger partial charge in [-0.25, -0.2) is 4.98 Å². The summed E-state index contributed by atoms with van der Waals surface area (Å²) in [4.78, 5) is 16.5. The molecule has 1 N–H and O–H groups in total. The summed E-state index contributed by atoms with van der Waals surface area (Å²) in [5.41, 5.74) is 2.45. The lowest BCUT2D eigenvalue weighted by Gasteiger charge is -2.15. The molecule has 5 heteroatoms. The molecule has 0 unspecified atom stereocenters. The number of carbonyl (C=O) groups is 1. The van der Waals surface area contributed by atoms with E-state index in [9.17, 15) is 4.79 Å². The molecule has 0 saturated heterocycles. The molecular formula is C16H20N2O2S. The zero-order valence-electron chi connectivity index (χ0n) is 13.0. The van der Waals surface area contributed by atoms with Crippen molar-refractivity contribution in [2.45, 2.75) is 27.7 Å². The van der Waals surface area contributed by atoms with E-state index in [-0.39, 0.29) is 5.91 Å². The summed E-state index contributed by atoms with van der Waals surface area (Å²) in [6.07, 6.45) is 0. The number of aryl methyl sites for hydroxylation is 1. The first-order chi connectivity index (χ1) is 9.81. The van der Waals surface area contributed by atoms with Crippen LogP contribution in [0, 0.1) is 12.3 Å². The Kier molecular flexibility index (Phi) is 4.32. The van der Waals surface area contributed by atoms with Crippen LogP contribution >= 0.6 is 11.3 Å². The van der Waals surface area contributed by atoms with Crippen molar-refractivity contribution in [3.05, 3.63) is 29.1 Å².